The van der Waals surface area contributed by atoms with Crippen LogP contribution in [0.5, 0.6) is 5.75 Å². The molecule has 0 aliphatic heterocycles. The highest BCUT2D eigenvalue weighted by Crippen LogP contribution is 2.19. The molecular formula is C17H20N2O2. The lowest BCUT2D eigenvalue weighted by Crippen LogP contribution is -2.16. The molecule has 21 heavy (non-hydrogen) atoms. The monoisotopic (exact) mass is 284 g/mol. The minimum Gasteiger partial charge on any atom is -0.493 e. The van der Waals surface area contributed by atoms with Crippen molar-refractivity contribution in [2.45, 2.75) is 20.3 Å². The summed E-state index contributed by atoms with van der Waals surface area (Å²) in [5.74, 6) is 0.659. The van der Waals surface area contributed by atoms with Gasteiger partial charge in [0.15, 0.2) is 0 Å². The number of ether oxygens (including phenoxy) is 1. The lowest BCUT2D eigenvalue weighted by atomic mass is 10.1. The van der Waals surface area contributed by atoms with Gasteiger partial charge in [-0.25, -0.2) is 0 Å². The molecule has 0 heterocycles. The van der Waals surface area contributed by atoms with Crippen LogP contribution in [-0.4, -0.2) is 12.5 Å². The van der Waals surface area contributed by atoms with Crippen molar-refractivity contribution in [1.82, 2.24) is 0 Å². The highest BCUT2D eigenvalue weighted by Gasteiger charge is 2.07. The zero-order valence-corrected chi connectivity index (χ0v) is 12.3. The van der Waals surface area contributed by atoms with Gasteiger partial charge in [0.1, 0.15) is 5.75 Å². The number of rotatable bonds is 5. The van der Waals surface area contributed by atoms with Crippen molar-refractivity contribution in [3.63, 3.8) is 0 Å². The van der Waals surface area contributed by atoms with Crippen LogP contribution < -0.4 is 15.8 Å². The number of anilines is 2. The molecular weight excluding hydrogens is 264 g/mol. The quantitative estimate of drug-likeness (QED) is 0.828. The third-order valence-corrected chi connectivity index (χ3v) is 3.22. The Morgan fingerprint density at radius 2 is 1.71 bits per heavy atom. The second-order valence-corrected chi connectivity index (χ2v) is 4.98. The minimum absolute atomic E-state index is 0.0529. The van der Waals surface area contributed by atoms with E-state index in [1.807, 2.05) is 32.0 Å². The summed E-state index contributed by atoms with van der Waals surface area (Å²) in [6, 6.07) is 13.1. The number of hydrogen-bond acceptors (Lipinski definition) is 3. The normalized spacial score (nSPS) is 10.2. The summed E-state index contributed by atoms with van der Waals surface area (Å²) in [6.45, 7) is 4.29. The van der Waals surface area contributed by atoms with E-state index in [0.717, 1.165) is 16.8 Å². The van der Waals surface area contributed by atoms with Gasteiger partial charge in [-0.15, -0.1) is 0 Å². The summed E-state index contributed by atoms with van der Waals surface area (Å²) in [6.07, 6.45) is 0.304. The number of carbonyl (C=O) groups excluding carboxylic acids is 1. The van der Waals surface area contributed by atoms with E-state index in [-0.39, 0.29) is 5.91 Å². The van der Waals surface area contributed by atoms with Crippen LogP contribution in [0.3, 0.4) is 0 Å². The number of benzene rings is 2. The summed E-state index contributed by atoms with van der Waals surface area (Å²) in [7, 11) is 0. The topological polar surface area (TPSA) is 64.3 Å². The second kappa shape index (κ2) is 6.79. The molecule has 4 nitrogen and oxygen atoms in total. The summed E-state index contributed by atoms with van der Waals surface area (Å²) in [4.78, 5) is 12.0. The first kappa shape index (κ1) is 14.9. The molecule has 0 aliphatic carbocycles. The largest absolute Gasteiger partial charge is 0.493 e. The molecule has 3 N–H and O–H groups in total. The van der Waals surface area contributed by atoms with Crippen LogP contribution in [-0.2, 0) is 4.79 Å². The molecule has 0 fully saturated rings. The molecule has 1 amide bonds. The highest BCUT2D eigenvalue weighted by atomic mass is 16.5. The van der Waals surface area contributed by atoms with E-state index >= 15 is 0 Å². The molecule has 2 aromatic rings. The van der Waals surface area contributed by atoms with E-state index in [1.54, 1.807) is 24.3 Å². The summed E-state index contributed by atoms with van der Waals surface area (Å²) < 4.78 is 5.51. The Balaban J connectivity index is 1.84. The Kier molecular flexibility index (Phi) is 4.82. The maximum Gasteiger partial charge on any atom is 0.227 e. The predicted molar refractivity (Wildman–Crippen MR) is 85.5 cm³/mol. The van der Waals surface area contributed by atoms with Crippen molar-refractivity contribution in [2.24, 2.45) is 0 Å². The fraction of sp³-hybridized carbons (Fsp3) is 0.235. The van der Waals surface area contributed by atoms with Crippen LogP contribution in [0.4, 0.5) is 11.4 Å². The van der Waals surface area contributed by atoms with Gasteiger partial charge in [0, 0.05) is 11.4 Å². The molecule has 4 heteroatoms. The maximum absolute atomic E-state index is 12.0. The molecule has 2 aromatic carbocycles. The smallest absolute Gasteiger partial charge is 0.227 e. The number of nitrogens with one attached hydrogen (secondary N) is 1. The molecule has 0 aromatic heterocycles. The minimum atomic E-state index is -0.0529. The zero-order chi connectivity index (χ0) is 15.2. The fourth-order valence-corrected chi connectivity index (χ4v) is 2.04. The van der Waals surface area contributed by atoms with Gasteiger partial charge in [-0.3, -0.25) is 4.79 Å². The number of amides is 1. The van der Waals surface area contributed by atoms with Gasteiger partial charge in [-0.05, 0) is 49.2 Å². The molecule has 0 aliphatic rings. The first-order chi connectivity index (χ1) is 10.1. The van der Waals surface area contributed by atoms with Gasteiger partial charge in [0.25, 0.3) is 0 Å². The van der Waals surface area contributed by atoms with Crippen molar-refractivity contribution in [3.8, 4) is 5.75 Å². The van der Waals surface area contributed by atoms with E-state index in [4.69, 9.17) is 10.5 Å². The number of nitrogen functional groups attached to an aromatic ring is 1. The molecule has 0 saturated heterocycles. The molecule has 0 unspecified atom stereocenters. The average Bonchev–Trinajstić information content (AvgIpc) is 2.45. The first-order valence-electron chi connectivity index (χ1n) is 6.90. The average molecular weight is 284 g/mol. The number of aryl methyl sites for hydroxylation is 2. The molecule has 0 atom stereocenters. The van der Waals surface area contributed by atoms with Gasteiger partial charge in [0.2, 0.25) is 5.91 Å². The second-order valence-electron chi connectivity index (χ2n) is 4.98. The Morgan fingerprint density at radius 3 is 2.33 bits per heavy atom. The number of hydrogen-bond donors (Lipinski definition) is 2. The van der Waals surface area contributed by atoms with Gasteiger partial charge < -0.3 is 15.8 Å². The number of para-hydroxylation sites is 1. The van der Waals surface area contributed by atoms with Crippen LogP contribution in [0.1, 0.15) is 17.5 Å². The van der Waals surface area contributed by atoms with E-state index in [2.05, 4.69) is 5.32 Å². The SMILES string of the molecule is Cc1cccc(C)c1NC(=O)CCOc1ccc(N)cc1. The summed E-state index contributed by atoms with van der Waals surface area (Å²) >= 11 is 0. The van der Waals surface area contributed by atoms with Crippen molar-refractivity contribution in [1.29, 1.82) is 0 Å². The van der Waals surface area contributed by atoms with Crippen LogP contribution in [0.2, 0.25) is 0 Å². The summed E-state index contributed by atoms with van der Waals surface area (Å²) in [5, 5.41) is 2.93. The van der Waals surface area contributed by atoms with Crippen molar-refractivity contribution < 1.29 is 9.53 Å². The molecule has 0 saturated carbocycles. The van der Waals surface area contributed by atoms with Gasteiger partial charge in [-0.2, -0.15) is 0 Å². The predicted octanol–water partition coefficient (Wildman–Crippen LogP) is 3.29. The van der Waals surface area contributed by atoms with Crippen LogP contribution >= 0.6 is 0 Å². The molecule has 0 bridgehead atoms. The zero-order valence-electron chi connectivity index (χ0n) is 12.3. The lowest BCUT2D eigenvalue weighted by Gasteiger charge is -2.12. The van der Waals surface area contributed by atoms with Crippen molar-refractivity contribution >= 4 is 17.3 Å². The third-order valence-electron chi connectivity index (χ3n) is 3.22. The Bertz CT molecular complexity index is 601. The van der Waals surface area contributed by atoms with E-state index in [9.17, 15) is 4.79 Å². The van der Waals surface area contributed by atoms with Crippen LogP contribution in [0.15, 0.2) is 42.5 Å². The van der Waals surface area contributed by atoms with Gasteiger partial charge >= 0.3 is 0 Å². The molecule has 2 rings (SSSR count). The van der Waals surface area contributed by atoms with E-state index < -0.39 is 0 Å². The van der Waals surface area contributed by atoms with Crippen molar-refractivity contribution in [2.75, 3.05) is 17.7 Å². The van der Waals surface area contributed by atoms with Gasteiger partial charge in [-0.1, -0.05) is 18.2 Å². The van der Waals surface area contributed by atoms with Crippen LogP contribution in [0, 0.1) is 13.8 Å². The van der Waals surface area contributed by atoms with E-state index in [0.29, 0.717) is 24.5 Å². The van der Waals surface area contributed by atoms with E-state index in [1.165, 1.54) is 0 Å². The van der Waals surface area contributed by atoms with Crippen LogP contribution in [0.25, 0.3) is 0 Å². The molecule has 0 radical (unpaired) electrons. The Hall–Kier alpha value is -2.49. The lowest BCUT2D eigenvalue weighted by molar-refractivity contribution is -0.116. The standard InChI is InChI=1S/C17H20N2O2/c1-12-4-3-5-13(2)17(12)19-16(20)10-11-21-15-8-6-14(18)7-9-15/h3-9H,10-11,18H2,1-2H3,(H,19,20). The number of nitrogens with two attached hydrogens (primary N) is 1. The molecule has 110 valence electrons. The Labute approximate surface area is 124 Å². The fourth-order valence-electron chi connectivity index (χ4n) is 2.04. The van der Waals surface area contributed by atoms with Crippen molar-refractivity contribution in [3.05, 3.63) is 53.6 Å². The highest BCUT2D eigenvalue weighted by molar-refractivity contribution is 5.92. The first-order valence-corrected chi connectivity index (χ1v) is 6.90. The summed E-state index contributed by atoms with van der Waals surface area (Å²) in [5.41, 5.74) is 9.29. The molecule has 0 spiro atoms. The third kappa shape index (κ3) is 4.24. The maximum atomic E-state index is 12.0. The van der Waals surface area contributed by atoms with Gasteiger partial charge in [0.05, 0.1) is 13.0 Å². The Morgan fingerprint density at radius 1 is 1.10 bits per heavy atom. The number of carbonyl (C=O) groups is 1.